The van der Waals surface area contributed by atoms with Crippen molar-refractivity contribution < 1.29 is 18.8 Å². The predicted molar refractivity (Wildman–Crippen MR) is 80.7 cm³/mol. The van der Waals surface area contributed by atoms with E-state index < -0.39 is 16.8 Å². The molecular formula is C15H22O4S. The molecule has 0 aliphatic heterocycles. The van der Waals surface area contributed by atoms with Gasteiger partial charge < -0.3 is 9.84 Å². The Morgan fingerprint density at radius 3 is 2.60 bits per heavy atom. The summed E-state index contributed by atoms with van der Waals surface area (Å²) in [5, 5.41) is 8.49. The highest BCUT2D eigenvalue weighted by molar-refractivity contribution is 7.84. The molecule has 0 bridgehead atoms. The average molecular weight is 298 g/mol. The van der Waals surface area contributed by atoms with E-state index in [1.807, 2.05) is 31.2 Å². The van der Waals surface area contributed by atoms with Gasteiger partial charge in [0.15, 0.2) is 0 Å². The molecule has 1 aromatic carbocycles. The lowest BCUT2D eigenvalue weighted by atomic mass is 10.2. The number of aliphatic carboxylic acids is 1. The van der Waals surface area contributed by atoms with Crippen molar-refractivity contribution in [3.05, 3.63) is 29.8 Å². The minimum absolute atomic E-state index is 0.0993. The third-order valence-electron chi connectivity index (χ3n) is 2.88. The number of carboxylic acids is 1. The fraction of sp³-hybridized carbons (Fsp3) is 0.533. The maximum atomic E-state index is 11.6. The number of hydrogen-bond acceptors (Lipinski definition) is 3. The van der Waals surface area contributed by atoms with E-state index in [0.717, 1.165) is 24.2 Å². The molecule has 1 rings (SSSR count). The Labute approximate surface area is 122 Å². The SMILES string of the molecule is Cc1ccccc1OCCCCS(=O)CCCC(=O)O. The van der Waals surface area contributed by atoms with Crippen molar-refractivity contribution >= 4 is 16.8 Å². The Morgan fingerprint density at radius 2 is 1.90 bits per heavy atom. The molecule has 112 valence electrons. The molecule has 0 amide bonds. The van der Waals surface area contributed by atoms with E-state index in [1.165, 1.54) is 0 Å². The first-order valence-electron chi connectivity index (χ1n) is 6.85. The molecule has 1 aromatic rings. The second-order valence-electron chi connectivity index (χ2n) is 4.67. The number of para-hydroxylation sites is 1. The summed E-state index contributed by atoms with van der Waals surface area (Å²) in [4.78, 5) is 10.3. The molecule has 0 heterocycles. The van der Waals surface area contributed by atoms with Gasteiger partial charge >= 0.3 is 5.97 Å². The molecule has 0 spiro atoms. The third-order valence-corrected chi connectivity index (χ3v) is 4.37. The Kier molecular flexibility index (Phi) is 7.95. The van der Waals surface area contributed by atoms with Crippen LogP contribution in [0, 0.1) is 6.92 Å². The number of carboxylic acid groups (broad SMARTS) is 1. The van der Waals surface area contributed by atoms with Gasteiger partial charge in [-0.3, -0.25) is 9.00 Å². The molecule has 1 atom stereocenters. The number of unbranched alkanes of at least 4 members (excludes halogenated alkanes) is 1. The Bertz CT molecular complexity index is 445. The first kappa shape index (κ1) is 16.7. The van der Waals surface area contributed by atoms with Gasteiger partial charge in [0.25, 0.3) is 0 Å². The van der Waals surface area contributed by atoms with Crippen molar-refractivity contribution in [3.8, 4) is 5.75 Å². The predicted octanol–water partition coefficient (Wildman–Crippen LogP) is 2.77. The van der Waals surface area contributed by atoms with Gasteiger partial charge in [0.1, 0.15) is 5.75 Å². The van der Waals surface area contributed by atoms with Crippen molar-refractivity contribution in [2.45, 2.75) is 32.6 Å². The van der Waals surface area contributed by atoms with E-state index in [1.54, 1.807) is 0 Å². The molecule has 0 radical (unpaired) electrons. The second kappa shape index (κ2) is 9.53. The van der Waals surface area contributed by atoms with Gasteiger partial charge in [-0.15, -0.1) is 0 Å². The van der Waals surface area contributed by atoms with Crippen molar-refractivity contribution in [1.82, 2.24) is 0 Å². The maximum Gasteiger partial charge on any atom is 0.303 e. The van der Waals surface area contributed by atoms with Crippen LogP contribution in [-0.4, -0.2) is 33.4 Å². The van der Waals surface area contributed by atoms with Crippen molar-refractivity contribution in [3.63, 3.8) is 0 Å². The summed E-state index contributed by atoms with van der Waals surface area (Å²) in [5.41, 5.74) is 1.12. The number of rotatable bonds is 10. The largest absolute Gasteiger partial charge is 0.493 e. The Balaban J connectivity index is 2.06. The van der Waals surface area contributed by atoms with Crippen LogP contribution < -0.4 is 4.74 Å². The van der Waals surface area contributed by atoms with Crippen molar-refractivity contribution in [2.75, 3.05) is 18.1 Å². The topological polar surface area (TPSA) is 63.6 Å². The standard InChI is InChI=1S/C15H22O4S/c1-13-7-2-3-8-14(13)19-10-4-5-11-20(18)12-6-9-15(16)17/h2-3,7-8H,4-6,9-12H2,1H3,(H,16,17). The minimum Gasteiger partial charge on any atom is -0.493 e. The molecule has 20 heavy (non-hydrogen) atoms. The molecule has 0 aromatic heterocycles. The summed E-state index contributed by atoms with van der Waals surface area (Å²) in [6.45, 7) is 2.63. The van der Waals surface area contributed by atoms with E-state index in [-0.39, 0.29) is 6.42 Å². The van der Waals surface area contributed by atoms with Crippen LogP contribution in [0.1, 0.15) is 31.2 Å². The van der Waals surface area contributed by atoms with Crippen LogP contribution in [0.2, 0.25) is 0 Å². The number of aryl methyl sites for hydroxylation is 1. The fourth-order valence-electron chi connectivity index (χ4n) is 1.75. The van der Waals surface area contributed by atoms with E-state index in [4.69, 9.17) is 9.84 Å². The third kappa shape index (κ3) is 7.28. The maximum absolute atomic E-state index is 11.6. The molecule has 0 saturated carbocycles. The first-order valence-corrected chi connectivity index (χ1v) is 8.33. The van der Waals surface area contributed by atoms with E-state index in [2.05, 4.69) is 0 Å². The lowest BCUT2D eigenvalue weighted by Gasteiger charge is -2.08. The summed E-state index contributed by atoms with van der Waals surface area (Å²) < 4.78 is 17.2. The van der Waals surface area contributed by atoms with Gasteiger partial charge in [-0.1, -0.05) is 18.2 Å². The van der Waals surface area contributed by atoms with Crippen LogP contribution in [0.5, 0.6) is 5.75 Å². The summed E-state index contributed by atoms with van der Waals surface area (Å²) in [5.74, 6) is 1.17. The molecule has 1 unspecified atom stereocenters. The molecule has 1 N–H and O–H groups in total. The van der Waals surface area contributed by atoms with Crippen molar-refractivity contribution in [2.24, 2.45) is 0 Å². The first-order chi connectivity index (χ1) is 9.59. The quantitative estimate of drug-likeness (QED) is 0.675. The average Bonchev–Trinajstić information content (AvgIpc) is 2.40. The summed E-state index contributed by atoms with van der Waals surface area (Å²) in [6, 6.07) is 7.87. The van der Waals surface area contributed by atoms with Gasteiger partial charge in [0, 0.05) is 28.7 Å². The minimum atomic E-state index is -0.908. The summed E-state index contributed by atoms with van der Waals surface area (Å²) >= 11 is 0. The lowest BCUT2D eigenvalue weighted by molar-refractivity contribution is -0.137. The molecule has 0 aliphatic rings. The van der Waals surface area contributed by atoms with Crippen LogP contribution >= 0.6 is 0 Å². The van der Waals surface area contributed by atoms with E-state index >= 15 is 0 Å². The Morgan fingerprint density at radius 1 is 1.20 bits per heavy atom. The molecule has 0 saturated heterocycles. The zero-order valence-electron chi connectivity index (χ0n) is 11.8. The molecule has 4 nitrogen and oxygen atoms in total. The van der Waals surface area contributed by atoms with Crippen molar-refractivity contribution in [1.29, 1.82) is 0 Å². The molecule has 5 heteroatoms. The number of carbonyl (C=O) groups is 1. The second-order valence-corrected chi connectivity index (χ2v) is 6.36. The van der Waals surface area contributed by atoms with E-state index in [0.29, 0.717) is 24.5 Å². The zero-order chi connectivity index (χ0) is 14.8. The lowest BCUT2D eigenvalue weighted by Crippen LogP contribution is -2.07. The van der Waals surface area contributed by atoms with Crippen LogP contribution in [0.4, 0.5) is 0 Å². The highest BCUT2D eigenvalue weighted by Gasteiger charge is 2.03. The van der Waals surface area contributed by atoms with Crippen LogP contribution in [0.25, 0.3) is 0 Å². The zero-order valence-corrected chi connectivity index (χ0v) is 12.7. The van der Waals surface area contributed by atoms with E-state index in [9.17, 15) is 9.00 Å². The van der Waals surface area contributed by atoms with Crippen LogP contribution in [-0.2, 0) is 15.6 Å². The Hall–Kier alpha value is -1.36. The smallest absolute Gasteiger partial charge is 0.303 e. The van der Waals surface area contributed by atoms with Gasteiger partial charge in [0.2, 0.25) is 0 Å². The van der Waals surface area contributed by atoms with Crippen LogP contribution in [0.3, 0.4) is 0 Å². The van der Waals surface area contributed by atoms with Gasteiger partial charge in [0.05, 0.1) is 6.61 Å². The van der Waals surface area contributed by atoms with Gasteiger partial charge in [-0.25, -0.2) is 0 Å². The number of ether oxygens (including phenoxy) is 1. The monoisotopic (exact) mass is 298 g/mol. The van der Waals surface area contributed by atoms with Crippen LogP contribution in [0.15, 0.2) is 24.3 Å². The highest BCUT2D eigenvalue weighted by Crippen LogP contribution is 2.16. The van der Waals surface area contributed by atoms with Gasteiger partial charge in [-0.2, -0.15) is 0 Å². The summed E-state index contributed by atoms with van der Waals surface area (Å²) in [7, 11) is -0.908. The molecule has 0 aliphatic carbocycles. The normalized spacial score (nSPS) is 12.1. The highest BCUT2D eigenvalue weighted by atomic mass is 32.2. The fourth-order valence-corrected chi connectivity index (χ4v) is 2.95. The summed E-state index contributed by atoms with van der Waals surface area (Å²) in [6.07, 6.45) is 2.29. The number of hydrogen-bond donors (Lipinski definition) is 1. The van der Waals surface area contributed by atoms with Gasteiger partial charge in [-0.05, 0) is 37.8 Å². The number of benzene rings is 1. The molecule has 0 fully saturated rings. The molecular weight excluding hydrogens is 276 g/mol.